The van der Waals surface area contributed by atoms with Crippen molar-refractivity contribution in [3.63, 3.8) is 0 Å². The lowest BCUT2D eigenvalue weighted by atomic mass is 10.1. The average molecular weight is 271 g/mol. The van der Waals surface area contributed by atoms with Gasteiger partial charge in [0.15, 0.2) is 0 Å². The van der Waals surface area contributed by atoms with Gasteiger partial charge < -0.3 is 14.7 Å². The van der Waals surface area contributed by atoms with Gasteiger partial charge in [0.2, 0.25) is 0 Å². The van der Waals surface area contributed by atoms with Gasteiger partial charge in [0.1, 0.15) is 11.6 Å². The average Bonchev–Trinajstić information content (AvgIpc) is 2.49. The molecule has 3 heterocycles. The molecule has 1 saturated heterocycles. The second kappa shape index (κ2) is 5.46. The number of rotatable bonds is 2. The zero-order chi connectivity index (χ0) is 13.9. The first-order chi connectivity index (χ1) is 9.74. The minimum atomic E-state index is 0.170. The normalized spacial score (nSPS) is 15.3. The van der Waals surface area contributed by atoms with Gasteiger partial charge >= 0.3 is 0 Å². The maximum absolute atomic E-state index is 9.28. The molecule has 104 valence electrons. The summed E-state index contributed by atoms with van der Waals surface area (Å²) in [6.07, 6.45) is 3.28. The SMILES string of the molecule is Cc1cc(-c2ccc(O)cn2)cnc1N1CCOCC1. The van der Waals surface area contributed by atoms with Crippen LogP contribution in [0.4, 0.5) is 5.82 Å². The summed E-state index contributed by atoms with van der Waals surface area (Å²) in [5, 5.41) is 9.28. The van der Waals surface area contributed by atoms with Gasteiger partial charge in [0.05, 0.1) is 25.1 Å². The molecule has 0 unspecified atom stereocenters. The Morgan fingerprint density at radius 3 is 2.60 bits per heavy atom. The molecule has 1 aliphatic heterocycles. The summed E-state index contributed by atoms with van der Waals surface area (Å²) < 4.78 is 5.36. The van der Waals surface area contributed by atoms with Gasteiger partial charge in [-0.3, -0.25) is 4.98 Å². The van der Waals surface area contributed by atoms with E-state index in [0.29, 0.717) is 0 Å². The summed E-state index contributed by atoms with van der Waals surface area (Å²) in [6, 6.07) is 5.50. The lowest BCUT2D eigenvalue weighted by Gasteiger charge is -2.29. The Balaban J connectivity index is 1.88. The van der Waals surface area contributed by atoms with Crippen LogP contribution in [0.5, 0.6) is 5.75 Å². The maximum atomic E-state index is 9.28. The predicted octanol–water partition coefficient (Wildman–Crippen LogP) is 1.99. The fourth-order valence-corrected chi connectivity index (χ4v) is 2.37. The minimum Gasteiger partial charge on any atom is -0.506 e. The highest BCUT2D eigenvalue weighted by Crippen LogP contribution is 2.24. The van der Waals surface area contributed by atoms with Crippen LogP contribution in [0.2, 0.25) is 0 Å². The molecule has 3 rings (SSSR count). The summed E-state index contributed by atoms with van der Waals surface area (Å²) in [4.78, 5) is 11.0. The van der Waals surface area contributed by atoms with Crippen LogP contribution in [-0.2, 0) is 4.74 Å². The van der Waals surface area contributed by atoms with Crippen LogP contribution < -0.4 is 4.90 Å². The van der Waals surface area contributed by atoms with E-state index in [0.717, 1.165) is 48.9 Å². The number of ether oxygens (including phenoxy) is 1. The highest BCUT2D eigenvalue weighted by atomic mass is 16.5. The van der Waals surface area contributed by atoms with E-state index in [-0.39, 0.29) is 5.75 Å². The number of hydrogen-bond donors (Lipinski definition) is 1. The molecule has 20 heavy (non-hydrogen) atoms. The molecule has 5 heteroatoms. The number of hydrogen-bond acceptors (Lipinski definition) is 5. The van der Waals surface area contributed by atoms with E-state index in [2.05, 4.69) is 27.9 Å². The van der Waals surface area contributed by atoms with Crippen molar-refractivity contribution in [2.45, 2.75) is 6.92 Å². The van der Waals surface area contributed by atoms with E-state index < -0.39 is 0 Å². The number of morpholine rings is 1. The molecule has 0 radical (unpaired) electrons. The van der Waals surface area contributed by atoms with Crippen LogP contribution in [0.3, 0.4) is 0 Å². The van der Waals surface area contributed by atoms with Gasteiger partial charge in [0.25, 0.3) is 0 Å². The molecule has 5 nitrogen and oxygen atoms in total. The molecule has 2 aromatic heterocycles. The van der Waals surface area contributed by atoms with Gasteiger partial charge in [-0.1, -0.05) is 0 Å². The largest absolute Gasteiger partial charge is 0.506 e. The Morgan fingerprint density at radius 2 is 1.95 bits per heavy atom. The predicted molar refractivity (Wildman–Crippen MR) is 76.9 cm³/mol. The minimum absolute atomic E-state index is 0.170. The summed E-state index contributed by atoms with van der Waals surface area (Å²) in [6.45, 7) is 5.32. The van der Waals surface area contributed by atoms with E-state index in [1.54, 1.807) is 12.1 Å². The van der Waals surface area contributed by atoms with Gasteiger partial charge in [-0.05, 0) is 30.7 Å². The van der Waals surface area contributed by atoms with Crippen molar-refractivity contribution in [2.24, 2.45) is 0 Å². The third-order valence-corrected chi connectivity index (χ3v) is 3.40. The van der Waals surface area contributed by atoms with Crippen LogP contribution in [0.1, 0.15) is 5.56 Å². The van der Waals surface area contributed by atoms with Crippen LogP contribution in [0, 0.1) is 6.92 Å². The monoisotopic (exact) mass is 271 g/mol. The summed E-state index contributed by atoms with van der Waals surface area (Å²) >= 11 is 0. The van der Waals surface area contributed by atoms with Crippen molar-refractivity contribution in [2.75, 3.05) is 31.2 Å². The molecule has 0 bridgehead atoms. The molecular weight excluding hydrogens is 254 g/mol. The fourth-order valence-electron chi connectivity index (χ4n) is 2.37. The molecule has 1 N–H and O–H groups in total. The Labute approximate surface area is 117 Å². The third-order valence-electron chi connectivity index (χ3n) is 3.40. The first-order valence-electron chi connectivity index (χ1n) is 6.69. The zero-order valence-corrected chi connectivity index (χ0v) is 11.4. The Morgan fingerprint density at radius 1 is 1.15 bits per heavy atom. The van der Waals surface area contributed by atoms with Crippen LogP contribution in [0.15, 0.2) is 30.6 Å². The number of nitrogens with zero attached hydrogens (tertiary/aromatic N) is 3. The fraction of sp³-hybridized carbons (Fsp3) is 0.333. The lowest BCUT2D eigenvalue weighted by molar-refractivity contribution is 0.122. The van der Waals surface area contributed by atoms with E-state index in [4.69, 9.17) is 4.74 Å². The van der Waals surface area contributed by atoms with Crippen molar-refractivity contribution in [3.8, 4) is 17.0 Å². The van der Waals surface area contributed by atoms with Crippen molar-refractivity contribution in [1.82, 2.24) is 9.97 Å². The highest BCUT2D eigenvalue weighted by molar-refractivity contribution is 5.63. The molecule has 0 atom stereocenters. The van der Waals surface area contributed by atoms with Gasteiger partial charge in [0, 0.05) is 24.8 Å². The molecule has 1 aliphatic rings. The van der Waals surface area contributed by atoms with Crippen molar-refractivity contribution in [3.05, 3.63) is 36.2 Å². The molecule has 0 spiro atoms. The van der Waals surface area contributed by atoms with Gasteiger partial charge in [-0.15, -0.1) is 0 Å². The van der Waals surface area contributed by atoms with Gasteiger partial charge in [-0.2, -0.15) is 0 Å². The number of aromatic hydroxyl groups is 1. The first kappa shape index (κ1) is 12.9. The summed E-state index contributed by atoms with van der Waals surface area (Å²) in [5.41, 5.74) is 2.89. The van der Waals surface area contributed by atoms with Crippen LogP contribution in [-0.4, -0.2) is 41.4 Å². The number of aryl methyl sites for hydroxylation is 1. The summed E-state index contributed by atoms with van der Waals surface area (Å²) in [7, 11) is 0. The number of anilines is 1. The van der Waals surface area contributed by atoms with Crippen molar-refractivity contribution < 1.29 is 9.84 Å². The highest BCUT2D eigenvalue weighted by Gasteiger charge is 2.15. The Bertz CT molecular complexity index is 593. The van der Waals surface area contributed by atoms with E-state index in [1.165, 1.54) is 6.20 Å². The summed E-state index contributed by atoms with van der Waals surface area (Å²) in [5.74, 6) is 1.18. The first-order valence-corrected chi connectivity index (χ1v) is 6.69. The smallest absolute Gasteiger partial charge is 0.133 e. The van der Waals surface area contributed by atoms with E-state index in [1.807, 2.05) is 6.20 Å². The third kappa shape index (κ3) is 2.58. The molecule has 0 aromatic carbocycles. The molecule has 2 aromatic rings. The molecular formula is C15H17N3O2. The maximum Gasteiger partial charge on any atom is 0.133 e. The van der Waals surface area contributed by atoms with E-state index >= 15 is 0 Å². The number of pyridine rings is 2. The van der Waals surface area contributed by atoms with Gasteiger partial charge in [-0.25, -0.2) is 4.98 Å². The number of aromatic nitrogens is 2. The molecule has 0 amide bonds. The standard InChI is InChI=1S/C15H17N3O2/c1-11-8-12(14-3-2-13(19)10-16-14)9-17-15(11)18-4-6-20-7-5-18/h2-3,8-10,19H,4-7H2,1H3. The Hall–Kier alpha value is -2.14. The zero-order valence-electron chi connectivity index (χ0n) is 11.4. The second-order valence-electron chi connectivity index (χ2n) is 4.87. The second-order valence-corrected chi connectivity index (χ2v) is 4.87. The van der Waals surface area contributed by atoms with E-state index in [9.17, 15) is 5.11 Å². The van der Waals surface area contributed by atoms with Crippen LogP contribution in [0.25, 0.3) is 11.3 Å². The Kier molecular flexibility index (Phi) is 3.52. The quantitative estimate of drug-likeness (QED) is 0.905. The molecule has 0 saturated carbocycles. The molecule has 1 fully saturated rings. The van der Waals surface area contributed by atoms with Crippen molar-refractivity contribution >= 4 is 5.82 Å². The van der Waals surface area contributed by atoms with Crippen molar-refractivity contribution in [1.29, 1.82) is 0 Å². The topological polar surface area (TPSA) is 58.5 Å². The molecule has 0 aliphatic carbocycles. The van der Waals surface area contributed by atoms with Crippen LogP contribution >= 0.6 is 0 Å². The lowest BCUT2D eigenvalue weighted by Crippen LogP contribution is -2.37.